The van der Waals surface area contributed by atoms with Crippen LogP contribution >= 0.6 is 0 Å². The summed E-state index contributed by atoms with van der Waals surface area (Å²) in [5, 5.41) is 13.1. The van der Waals surface area contributed by atoms with Gasteiger partial charge in [-0.15, -0.1) is 0 Å². The van der Waals surface area contributed by atoms with Crippen LogP contribution in [-0.4, -0.2) is 49.8 Å². The average Bonchev–Trinajstić information content (AvgIpc) is 3.11. The Morgan fingerprint density at radius 1 is 1.44 bits per heavy atom. The minimum Gasteiger partial charge on any atom is -0.383 e. The second kappa shape index (κ2) is 6.51. The summed E-state index contributed by atoms with van der Waals surface area (Å²) in [5.74, 6) is 0.502. The van der Waals surface area contributed by atoms with Crippen LogP contribution in [0.1, 0.15) is 33.6 Å². The van der Waals surface area contributed by atoms with Gasteiger partial charge in [-0.3, -0.25) is 10.2 Å². The first kappa shape index (κ1) is 15.4. The minimum absolute atomic E-state index is 0.329. The minimum atomic E-state index is -0.398. The molecule has 0 aromatic heterocycles. The molecule has 2 unspecified atom stereocenters. The fraction of sp³-hybridized carbons (Fsp3) is 0.929. The van der Waals surface area contributed by atoms with E-state index in [9.17, 15) is 5.26 Å². The van der Waals surface area contributed by atoms with Gasteiger partial charge in [-0.05, 0) is 46.6 Å². The highest BCUT2D eigenvalue weighted by atomic mass is 16.5. The highest BCUT2D eigenvalue weighted by Gasteiger charge is 2.46. The third-order valence-corrected chi connectivity index (χ3v) is 3.68. The predicted molar refractivity (Wildman–Crippen MR) is 73.3 cm³/mol. The van der Waals surface area contributed by atoms with E-state index in [1.807, 2.05) is 0 Å². The standard InChI is InChI=1S/C14H27N3O/c1-11(2)16-14(9-15,13-6-7-13)10-17(4)12(3)8-18-5/h11-13,16H,6-8,10H2,1-5H3. The van der Waals surface area contributed by atoms with E-state index in [1.54, 1.807) is 7.11 Å². The first-order valence-corrected chi connectivity index (χ1v) is 6.83. The normalized spacial score (nSPS) is 20.8. The number of nitrogens with one attached hydrogen (secondary N) is 1. The molecular weight excluding hydrogens is 226 g/mol. The zero-order chi connectivity index (χ0) is 13.8. The fourth-order valence-corrected chi connectivity index (χ4v) is 2.46. The summed E-state index contributed by atoms with van der Waals surface area (Å²) < 4.78 is 5.19. The van der Waals surface area contributed by atoms with E-state index < -0.39 is 5.54 Å². The number of hydrogen-bond acceptors (Lipinski definition) is 4. The molecule has 18 heavy (non-hydrogen) atoms. The molecule has 0 spiro atoms. The largest absolute Gasteiger partial charge is 0.383 e. The van der Waals surface area contributed by atoms with Crippen molar-refractivity contribution in [1.29, 1.82) is 5.26 Å². The third-order valence-electron chi connectivity index (χ3n) is 3.68. The maximum atomic E-state index is 9.63. The van der Waals surface area contributed by atoms with Crippen molar-refractivity contribution in [3.05, 3.63) is 0 Å². The van der Waals surface area contributed by atoms with Crippen LogP contribution in [0.3, 0.4) is 0 Å². The molecule has 0 aromatic rings. The van der Waals surface area contributed by atoms with Crippen LogP contribution in [0, 0.1) is 17.2 Å². The molecule has 1 N–H and O–H groups in total. The summed E-state index contributed by atoms with van der Waals surface area (Å²) in [5.41, 5.74) is -0.398. The van der Waals surface area contributed by atoms with Crippen molar-refractivity contribution in [2.24, 2.45) is 5.92 Å². The van der Waals surface area contributed by atoms with Crippen LogP contribution in [0.4, 0.5) is 0 Å². The molecule has 0 aromatic carbocycles. The first-order chi connectivity index (χ1) is 8.45. The van der Waals surface area contributed by atoms with Gasteiger partial charge in [0, 0.05) is 25.7 Å². The molecule has 0 radical (unpaired) electrons. The summed E-state index contributed by atoms with van der Waals surface area (Å²) in [7, 11) is 3.79. The van der Waals surface area contributed by atoms with E-state index in [0.29, 0.717) is 24.6 Å². The summed E-state index contributed by atoms with van der Waals surface area (Å²) in [6.07, 6.45) is 2.33. The molecule has 104 valence electrons. The molecule has 1 aliphatic rings. The maximum Gasteiger partial charge on any atom is 0.122 e. The molecule has 1 saturated carbocycles. The van der Waals surface area contributed by atoms with Crippen molar-refractivity contribution >= 4 is 0 Å². The van der Waals surface area contributed by atoms with Crippen molar-refractivity contribution in [3.63, 3.8) is 0 Å². The van der Waals surface area contributed by atoms with Crippen LogP contribution < -0.4 is 5.32 Å². The number of hydrogen-bond donors (Lipinski definition) is 1. The molecule has 4 nitrogen and oxygen atoms in total. The lowest BCUT2D eigenvalue weighted by molar-refractivity contribution is 0.0965. The zero-order valence-corrected chi connectivity index (χ0v) is 12.4. The molecule has 0 heterocycles. The fourth-order valence-electron chi connectivity index (χ4n) is 2.46. The summed E-state index contributed by atoms with van der Waals surface area (Å²) in [6.45, 7) is 7.80. The van der Waals surface area contributed by atoms with E-state index in [2.05, 4.69) is 44.1 Å². The van der Waals surface area contributed by atoms with Crippen molar-refractivity contribution in [1.82, 2.24) is 10.2 Å². The zero-order valence-electron chi connectivity index (χ0n) is 12.4. The Balaban J connectivity index is 2.69. The Labute approximate surface area is 111 Å². The molecule has 2 atom stereocenters. The van der Waals surface area contributed by atoms with Gasteiger partial charge in [-0.2, -0.15) is 5.26 Å². The SMILES string of the molecule is COCC(C)N(C)CC(C#N)(NC(C)C)C1CC1. The lowest BCUT2D eigenvalue weighted by atomic mass is 9.92. The van der Waals surface area contributed by atoms with Crippen molar-refractivity contribution in [3.8, 4) is 6.07 Å². The van der Waals surface area contributed by atoms with Gasteiger partial charge in [-0.1, -0.05) is 0 Å². The van der Waals surface area contributed by atoms with Crippen LogP contribution in [0.5, 0.6) is 0 Å². The second-order valence-corrected chi connectivity index (χ2v) is 5.88. The van der Waals surface area contributed by atoms with Crippen molar-refractivity contribution < 1.29 is 4.74 Å². The van der Waals surface area contributed by atoms with Gasteiger partial charge < -0.3 is 4.74 Å². The average molecular weight is 253 g/mol. The molecule has 0 saturated heterocycles. The Bertz CT molecular complexity index is 296. The molecule has 0 bridgehead atoms. The van der Waals surface area contributed by atoms with Gasteiger partial charge in [0.1, 0.15) is 5.54 Å². The van der Waals surface area contributed by atoms with E-state index >= 15 is 0 Å². The van der Waals surface area contributed by atoms with Gasteiger partial charge >= 0.3 is 0 Å². The smallest absolute Gasteiger partial charge is 0.122 e. The molecule has 1 rings (SSSR count). The highest BCUT2D eigenvalue weighted by Crippen LogP contribution is 2.40. The highest BCUT2D eigenvalue weighted by molar-refractivity contribution is 5.17. The van der Waals surface area contributed by atoms with Crippen LogP contribution in [0.25, 0.3) is 0 Å². The second-order valence-electron chi connectivity index (χ2n) is 5.88. The van der Waals surface area contributed by atoms with Crippen molar-refractivity contribution in [2.75, 3.05) is 27.3 Å². The number of nitrogens with zero attached hydrogens (tertiary/aromatic N) is 2. The first-order valence-electron chi connectivity index (χ1n) is 6.83. The number of rotatable bonds is 8. The Kier molecular flexibility index (Phi) is 5.58. The summed E-state index contributed by atoms with van der Waals surface area (Å²) >= 11 is 0. The lowest BCUT2D eigenvalue weighted by Crippen LogP contribution is -2.57. The number of methoxy groups -OCH3 is 1. The Hall–Kier alpha value is -0.630. The van der Waals surface area contributed by atoms with Crippen LogP contribution in [0.15, 0.2) is 0 Å². The van der Waals surface area contributed by atoms with E-state index in [0.717, 1.165) is 6.54 Å². The van der Waals surface area contributed by atoms with E-state index in [-0.39, 0.29) is 0 Å². The van der Waals surface area contributed by atoms with Crippen LogP contribution in [0.2, 0.25) is 0 Å². The molecule has 4 heteroatoms. The number of nitriles is 1. The Morgan fingerprint density at radius 3 is 2.44 bits per heavy atom. The topological polar surface area (TPSA) is 48.3 Å². The summed E-state index contributed by atoms with van der Waals surface area (Å²) in [6, 6.07) is 3.20. The van der Waals surface area contributed by atoms with Gasteiger partial charge in [0.2, 0.25) is 0 Å². The third kappa shape index (κ3) is 3.94. The number of likely N-dealkylation sites (N-methyl/N-ethyl adjacent to an activating group) is 1. The lowest BCUT2D eigenvalue weighted by Gasteiger charge is -2.36. The maximum absolute atomic E-state index is 9.63. The molecular formula is C14H27N3O. The van der Waals surface area contributed by atoms with E-state index in [1.165, 1.54) is 12.8 Å². The van der Waals surface area contributed by atoms with Crippen LogP contribution in [-0.2, 0) is 4.74 Å². The van der Waals surface area contributed by atoms with Gasteiger partial charge in [-0.25, -0.2) is 0 Å². The van der Waals surface area contributed by atoms with Crippen molar-refractivity contribution in [2.45, 2.75) is 51.2 Å². The predicted octanol–water partition coefficient (Wildman–Crippen LogP) is 1.62. The monoisotopic (exact) mass is 253 g/mol. The number of ether oxygens (including phenoxy) is 1. The van der Waals surface area contributed by atoms with Gasteiger partial charge in [0.25, 0.3) is 0 Å². The molecule has 1 fully saturated rings. The quantitative estimate of drug-likeness (QED) is 0.714. The van der Waals surface area contributed by atoms with Gasteiger partial charge in [0.15, 0.2) is 0 Å². The molecule has 0 amide bonds. The molecule has 0 aliphatic heterocycles. The summed E-state index contributed by atoms with van der Waals surface area (Å²) in [4.78, 5) is 2.22. The van der Waals surface area contributed by atoms with Gasteiger partial charge in [0.05, 0.1) is 12.7 Å². The molecule has 1 aliphatic carbocycles. The van der Waals surface area contributed by atoms with E-state index in [4.69, 9.17) is 4.74 Å². The Morgan fingerprint density at radius 2 is 2.06 bits per heavy atom.